The van der Waals surface area contributed by atoms with E-state index in [4.69, 9.17) is 0 Å². The van der Waals surface area contributed by atoms with Crippen LogP contribution in [0.4, 0.5) is 5.69 Å². The summed E-state index contributed by atoms with van der Waals surface area (Å²) in [6.45, 7) is 20.7. The summed E-state index contributed by atoms with van der Waals surface area (Å²) in [7, 11) is 1.79. The molecule has 9 heteroatoms. The van der Waals surface area contributed by atoms with Crippen molar-refractivity contribution in [2.75, 3.05) is 45.6 Å². The van der Waals surface area contributed by atoms with Crippen LogP contribution in [-0.4, -0.2) is 65.9 Å². The first-order valence-corrected chi connectivity index (χ1v) is 25.5. The quantitative estimate of drug-likeness (QED) is 0.0278. The summed E-state index contributed by atoms with van der Waals surface area (Å²) in [5, 5.41) is 24.6. The fraction of sp³-hybridized carbons (Fsp3) is 0.315. The molecular formula is C54H64N6O2Si. The molecule has 0 atom stereocenters. The molecule has 1 aliphatic heterocycles. The lowest BCUT2D eigenvalue weighted by Crippen LogP contribution is -2.49. The van der Waals surface area contributed by atoms with Gasteiger partial charge in [0.2, 0.25) is 11.8 Å². The monoisotopic (exact) mass is 856 g/mol. The first-order valence-electron chi connectivity index (χ1n) is 22.5. The number of benzene rings is 5. The number of fused-ring (bicyclic) bond motifs is 4. The molecule has 2 aliphatic rings. The van der Waals surface area contributed by atoms with Crippen LogP contribution in [0.15, 0.2) is 125 Å². The van der Waals surface area contributed by atoms with E-state index >= 15 is 0 Å². The second-order valence-electron chi connectivity index (χ2n) is 17.8. The average molecular weight is 857 g/mol. The van der Waals surface area contributed by atoms with Gasteiger partial charge >= 0.3 is 0 Å². The smallest absolute Gasteiger partial charge is 0.246 e. The first-order chi connectivity index (χ1) is 30.3. The molecular weight excluding hydrogens is 793 g/mol. The lowest BCUT2D eigenvalue weighted by molar-refractivity contribution is -0.124. The topological polar surface area (TPSA) is 107 Å². The van der Waals surface area contributed by atoms with E-state index in [1.54, 1.807) is 6.92 Å². The van der Waals surface area contributed by atoms with Crippen LogP contribution in [0.3, 0.4) is 0 Å². The molecule has 326 valence electrons. The maximum atomic E-state index is 12.1. The summed E-state index contributed by atoms with van der Waals surface area (Å²) in [5.41, 5.74) is 13.9. The van der Waals surface area contributed by atoms with Gasteiger partial charge in [-0.3, -0.25) is 14.6 Å². The zero-order chi connectivity index (χ0) is 44.8. The highest BCUT2D eigenvalue weighted by molar-refractivity contribution is 6.98. The Balaban J connectivity index is 1.30. The molecule has 5 aromatic carbocycles. The van der Waals surface area contributed by atoms with E-state index in [0.717, 1.165) is 37.3 Å². The third-order valence-corrected chi connectivity index (χ3v) is 16.2. The number of amides is 2. The molecule has 1 heterocycles. The first kappa shape index (κ1) is 45.2. The van der Waals surface area contributed by atoms with Gasteiger partial charge in [0.25, 0.3) is 0 Å². The number of carbonyl (C=O) groups excluding carboxylic acids is 2. The zero-order valence-electron chi connectivity index (χ0n) is 38.4. The molecule has 7 rings (SSSR count). The standard InChI is InChI=1S/C54H64N6O2Si/c1-34(2)53(61)59-26-12-24-57-32-48-41-14-10-11-15-42(41)49(33-58-25-13-27-60-54(62)35(3)4)47-29-38(18-21-43(47)48)37-17-16-36(5)46(28-37)52-44-22-19-39(55-6)30-50(44)63(8,9)51-31-40(56-7)20-23-45(51)52/h10-11,14-23,28-31,34,55,57-58H,3,12-13,24-27,32-33H2,1-2,4-9H3,(H,59,61)(H,60,62)/b56-40+. The number of rotatable bonds is 17. The normalized spacial score (nSPS) is 14.8. The van der Waals surface area contributed by atoms with Crippen LogP contribution in [0.5, 0.6) is 0 Å². The van der Waals surface area contributed by atoms with Crippen LogP contribution < -0.4 is 31.8 Å². The van der Waals surface area contributed by atoms with Crippen LogP contribution in [0.1, 0.15) is 61.4 Å². The number of carbonyl (C=O) groups is 2. The highest BCUT2D eigenvalue weighted by Crippen LogP contribution is 2.44. The number of allylic oxidation sites excluding steroid dienone is 5. The number of aliphatic imine (C=N–C) groups is 1. The number of aryl methyl sites for hydroxylation is 1. The molecule has 0 aromatic heterocycles. The minimum Gasteiger partial charge on any atom is -0.388 e. The van der Waals surface area contributed by atoms with Crippen molar-refractivity contribution in [1.82, 2.24) is 21.3 Å². The molecule has 0 radical (unpaired) electrons. The summed E-state index contributed by atoms with van der Waals surface area (Å²) >= 11 is 0. The molecule has 0 fully saturated rings. The summed E-state index contributed by atoms with van der Waals surface area (Å²) in [6, 6.07) is 29.6. The van der Waals surface area contributed by atoms with Crippen molar-refractivity contribution in [2.45, 2.75) is 66.7 Å². The molecule has 0 unspecified atom stereocenters. The lowest BCUT2D eigenvalue weighted by Gasteiger charge is -2.38. The lowest BCUT2D eigenvalue weighted by atomic mass is 9.85. The fourth-order valence-electron chi connectivity index (χ4n) is 9.03. The third-order valence-electron chi connectivity index (χ3n) is 12.7. The Bertz CT molecular complexity index is 2720. The van der Waals surface area contributed by atoms with Gasteiger partial charge in [-0.25, -0.2) is 0 Å². The molecule has 63 heavy (non-hydrogen) atoms. The maximum absolute atomic E-state index is 12.1. The van der Waals surface area contributed by atoms with Gasteiger partial charge < -0.3 is 26.6 Å². The minimum atomic E-state index is -2.09. The van der Waals surface area contributed by atoms with E-state index < -0.39 is 8.07 Å². The largest absolute Gasteiger partial charge is 0.388 e. The highest BCUT2D eigenvalue weighted by Gasteiger charge is 2.40. The summed E-state index contributed by atoms with van der Waals surface area (Å²) in [4.78, 5) is 28.9. The predicted octanol–water partition coefficient (Wildman–Crippen LogP) is 9.27. The van der Waals surface area contributed by atoms with Crippen molar-refractivity contribution < 1.29 is 9.59 Å². The molecule has 0 spiro atoms. The van der Waals surface area contributed by atoms with Gasteiger partial charge in [-0.15, -0.1) is 0 Å². The summed E-state index contributed by atoms with van der Waals surface area (Å²) < 4.78 is 0. The van der Waals surface area contributed by atoms with Crippen LogP contribution in [0.25, 0.3) is 38.2 Å². The third kappa shape index (κ3) is 9.56. The Kier molecular flexibility index (Phi) is 14.1. The molecule has 0 bridgehead atoms. The van der Waals surface area contributed by atoms with Crippen molar-refractivity contribution in [2.24, 2.45) is 10.9 Å². The number of hydrogen-bond acceptors (Lipinski definition) is 6. The molecule has 8 nitrogen and oxygen atoms in total. The molecule has 5 N–H and O–H groups in total. The minimum absolute atomic E-state index is 0.0200. The Morgan fingerprint density at radius 1 is 0.746 bits per heavy atom. The van der Waals surface area contributed by atoms with E-state index in [-0.39, 0.29) is 17.7 Å². The van der Waals surface area contributed by atoms with Gasteiger partial charge in [-0.05, 0) is 158 Å². The van der Waals surface area contributed by atoms with Gasteiger partial charge in [0.05, 0.1) is 5.71 Å². The van der Waals surface area contributed by atoms with Crippen molar-refractivity contribution in [3.05, 3.63) is 148 Å². The van der Waals surface area contributed by atoms with E-state index in [2.05, 4.69) is 155 Å². The van der Waals surface area contributed by atoms with Gasteiger partial charge in [0.1, 0.15) is 8.07 Å². The van der Waals surface area contributed by atoms with E-state index in [0.29, 0.717) is 31.8 Å². The Hall–Kier alpha value is -5.87. The highest BCUT2D eigenvalue weighted by atomic mass is 28.3. The van der Waals surface area contributed by atoms with E-state index in [1.165, 1.54) is 82.0 Å². The van der Waals surface area contributed by atoms with Crippen molar-refractivity contribution >= 4 is 63.6 Å². The fourth-order valence-corrected chi connectivity index (χ4v) is 12.1. The Labute approximate surface area is 375 Å². The molecule has 5 aromatic rings. The maximum Gasteiger partial charge on any atom is 0.246 e. The van der Waals surface area contributed by atoms with Crippen molar-refractivity contribution in [3.8, 4) is 11.1 Å². The SMILES string of the molecule is C=C(C)C(=O)NCCCNCc1c2ccccc2c(CNCCCNC(=O)C(C)C)c2ccc(-c3ccc(C)c(C4=C5C=C/C(=N\C)C=C5[Si](C)(C)c5cc(NC)ccc54)c3)cc12. The molecule has 2 amide bonds. The molecule has 1 aliphatic carbocycles. The molecule has 0 saturated heterocycles. The second kappa shape index (κ2) is 19.7. The summed E-state index contributed by atoms with van der Waals surface area (Å²) in [5.74, 6) is -0.0332. The van der Waals surface area contributed by atoms with Crippen LogP contribution >= 0.6 is 0 Å². The Morgan fingerprint density at radius 2 is 1.38 bits per heavy atom. The van der Waals surface area contributed by atoms with Crippen LogP contribution in [0, 0.1) is 12.8 Å². The number of hydrogen-bond donors (Lipinski definition) is 5. The van der Waals surface area contributed by atoms with E-state index in [9.17, 15) is 9.59 Å². The average Bonchev–Trinajstić information content (AvgIpc) is 3.28. The van der Waals surface area contributed by atoms with E-state index in [1.807, 2.05) is 27.9 Å². The van der Waals surface area contributed by atoms with Gasteiger partial charge in [-0.1, -0.05) is 94.2 Å². The second-order valence-corrected chi connectivity index (χ2v) is 22.1. The van der Waals surface area contributed by atoms with Crippen LogP contribution in [0.2, 0.25) is 13.1 Å². The van der Waals surface area contributed by atoms with Gasteiger partial charge in [0.15, 0.2) is 0 Å². The number of nitrogens with zero attached hydrogens (tertiary/aromatic N) is 1. The van der Waals surface area contributed by atoms with Crippen molar-refractivity contribution in [3.63, 3.8) is 0 Å². The Morgan fingerprint density at radius 3 is 2.03 bits per heavy atom. The predicted molar refractivity (Wildman–Crippen MR) is 270 cm³/mol. The van der Waals surface area contributed by atoms with Crippen molar-refractivity contribution in [1.29, 1.82) is 0 Å². The summed E-state index contributed by atoms with van der Waals surface area (Å²) in [6.07, 6.45) is 8.45. The van der Waals surface area contributed by atoms with Gasteiger partial charge in [0, 0.05) is 57.5 Å². The van der Waals surface area contributed by atoms with Crippen LogP contribution in [-0.2, 0) is 22.7 Å². The number of anilines is 1. The number of nitrogens with one attached hydrogen (secondary N) is 5. The zero-order valence-corrected chi connectivity index (χ0v) is 39.4. The molecule has 0 saturated carbocycles. The van der Waals surface area contributed by atoms with Gasteiger partial charge in [-0.2, -0.15) is 0 Å².